The zero-order valence-electron chi connectivity index (χ0n) is 19.4. The maximum Gasteiger partial charge on any atom is 0.387 e. The standard InChI is InChI=1S/C25H29F2N3O4/c1-25(2,3)23(33)29-18-10-6-9-17(14-18)28-21(31)16-8-7-13-30(15-16)22(32)19-11-4-5-12-20(19)34-24(26)27/h4-6,9-12,14,16,24H,7-8,13,15H2,1-3H3,(H,28,31)(H,29,33). The van der Waals surface area contributed by atoms with Gasteiger partial charge in [0.25, 0.3) is 5.91 Å². The molecular weight excluding hydrogens is 444 g/mol. The third kappa shape index (κ3) is 6.52. The SMILES string of the molecule is CC(C)(C)C(=O)Nc1cccc(NC(=O)C2CCCN(C(=O)c3ccccc3OC(F)F)C2)c1. The Morgan fingerprint density at radius 2 is 1.71 bits per heavy atom. The number of nitrogens with one attached hydrogen (secondary N) is 2. The number of hydrogen-bond donors (Lipinski definition) is 2. The molecule has 1 saturated heterocycles. The molecule has 1 fully saturated rings. The summed E-state index contributed by atoms with van der Waals surface area (Å²) < 4.78 is 29.9. The molecule has 0 saturated carbocycles. The molecule has 9 heteroatoms. The van der Waals surface area contributed by atoms with E-state index in [0.717, 1.165) is 0 Å². The third-order valence-electron chi connectivity index (χ3n) is 5.48. The van der Waals surface area contributed by atoms with Crippen LogP contribution in [0.5, 0.6) is 5.75 Å². The van der Waals surface area contributed by atoms with E-state index in [4.69, 9.17) is 0 Å². The average molecular weight is 474 g/mol. The number of halogens is 2. The lowest BCUT2D eigenvalue weighted by molar-refractivity contribution is -0.123. The minimum absolute atomic E-state index is 0.0335. The minimum Gasteiger partial charge on any atom is -0.434 e. The molecule has 2 aromatic carbocycles. The van der Waals surface area contributed by atoms with Crippen molar-refractivity contribution in [1.82, 2.24) is 4.90 Å². The fourth-order valence-corrected chi connectivity index (χ4v) is 3.63. The van der Waals surface area contributed by atoms with Crippen LogP contribution in [0.2, 0.25) is 0 Å². The van der Waals surface area contributed by atoms with Crippen molar-refractivity contribution in [1.29, 1.82) is 0 Å². The summed E-state index contributed by atoms with van der Waals surface area (Å²) in [6, 6.07) is 12.7. The van der Waals surface area contributed by atoms with Gasteiger partial charge in [-0.1, -0.05) is 39.0 Å². The van der Waals surface area contributed by atoms with Crippen LogP contribution in [-0.4, -0.2) is 42.3 Å². The molecule has 2 N–H and O–H groups in total. The summed E-state index contributed by atoms with van der Waals surface area (Å²) in [6.45, 7) is 2.96. The first kappa shape index (κ1) is 25.1. The zero-order chi connectivity index (χ0) is 24.9. The molecule has 1 aliphatic heterocycles. The maximum atomic E-state index is 13.0. The van der Waals surface area contributed by atoms with E-state index in [0.29, 0.717) is 30.8 Å². The number of likely N-dealkylation sites (tertiary alicyclic amines) is 1. The van der Waals surface area contributed by atoms with Crippen molar-refractivity contribution in [2.45, 2.75) is 40.2 Å². The summed E-state index contributed by atoms with van der Waals surface area (Å²) in [6.07, 6.45) is 1.19. The van der Waals surface area contributed by atoms with Crippen molar-refractivity contribution in [3.63, 3.8) is 0 Å². The van der Waals surface area contributed by atoms with Gasteiger partial charge in [-0.25, -0.2) is 0 Å². The van der Waals surface area contributed by atoms with E-state index < -0.39 is 23.9 Å². The average Bonchev–Trinajstić information content (AvgIpc) is 2.78. The second-order valence-electron chi connectivity index (χ2n) is 9.24. The van der Waals surface area contributed by atoms with Gasteiger partial charge in [-0.2, -0.15) is 8.78 Å². The van der Waals surface area contributed by atoms with Gasteiger partial charge in [0.2, 0.25) is 11.8 Å². The van der Waals surface area contributed by atoms with E-state index >= 15 is 0 Å². The number of para-hydroxylation sites is 1. The molecule has 0 spiro atoms. The van der Waals surface area contributed by atoms with Gasteiger partial charge >= 0.3 is 6.61 Å². The van der Waals surface area contributed by atoms with Crippen molar-refractivity contribution in [2.24, 2.45) is 11.3 Å². The lowest BCUT2D eigenvalue weighted by Crippen LogP contribution is -2.43. The predicted octanol–water partition coefficient (Wildman–Crippen LogP) is 4.76. The molecule has 0 aliphatic carbocycles. The van der Waals surface area contributed by atoms with Crippen LogP contribution in [-0.2, 0) is 9.59 Å². The number of piperidine rings is 1. The van der Waals surface area contributed by atoms with Gasteiger partial charge < -0.3 is 20.3 Å². The number of carbonyl (C=O) groups is 3. The number of nitrogens with zero attached hydrogens (tertiary/aromatic N) is 1. The van der Waals surface area contributed by atoms with E-state index in [1.54, 1.807) is 30.3 Å². The van der Waals surface area contributed by atoms with Gasteiger partial charge in [0, 0.05) is 29.9 Å². The van der Waals surface area contributed by atoms with Crippen LogP contribution in [0.3, 0.4) is 0 Å². The molecule has 0 bridgehead atoms. The number of alkyl halides is 2. The topological polar surface area (TPSA) is 87.7 Å². The Labute approximate surface area is 197 Å². The summed E-state index contributed by atoms with van der Waals surface area (Å²) >= 11 is 0. The molecule has 3 rings (SSSR count). The van der Waals surface area contributed by atoms with Crippen LogP contribution in [0.15, 0.2) is 48.5 Å². The largest absolute Gasteiger partial charge is 0.434 e. The smallest absolute Gasteiger partial charge is 0.387 e. The Morgan fingerprint density at radius 3 is 2.38 bits per heavy atom. The lowest BCUT2D eigenvalue weighted by atomic mass is 9.95. The van der Waals surface area contributed by atoms with Crippen molar-refractivity contribution in [3.8, 4) is 5.75 Å². The first-order chi connectivity index (χ1) is 16.0. The Balaban J connectivity index is 1.66. The van der Waals surface area contributed by atoms with Crippen LogP contribution < -0.4 is 15.4 Å². The first-order valence-electron chi connectivity index (χ1n) is 11.1. The number of hydrogen-bond acceptors (Lipinski definition) is 4. The highest BCUT2D eigenvalue weighted by molar-refractivity contribution is 5.99. The summed E-state index contributed by atoms with van der Waals surface area (Å²) in [4.78, 5) is 39.6. The van der Waals surface area contributed by atoms with Gasteiger partial charge in [-0.15, -0.1) is 0 Å². The van der Waals surface area contributed by atoms with Crippen molar-refractivity contribution < 1.29 is 27.9 Å². The molecule has 3 amide bonds. The van der Waals surface area contributed by atoms with Gasteiger partial charge in [0.05, 0.1) is 11.5 Å². The third-order valence-corrected chi connectivity index (χ3v) is 5.48. The highest BCUT2D eigenvalue weighted by atomic mass is 19.3. The molecule has 1 unspecified atom stereocenters. The molecule has 0 aromatic heterocycles. The van der Waals surface area contributed by atoms with Crippen molar-refractivity contribution >= 4 is 29.1 Å². The van der Waals surface area contributed by atoms with Gasteiger partial charge in [0.1, 0.15) is 5.75 Å². The molecule has 1 aliphatic rings. The number of benzene rings is 2. The fourth-order valence-electron chi connectivity index (χ4n) is 3.63. The Bertz CT molecular complexity index is 1050. The Morgan fingerprint density at radius 1 is 1.03 bits per heavy atom. The van der Waals surface area contributed by atoms with Crippen LogP contribution in [0, 0.1) is 11.3 Å². The molecule has 1 heterocycles. The number of carbonyl (C=O) groups excluding carboxylic acids is 3. The van der Waals surface area contributed by atoms with E-state index in [-0.39, 0.29) is 29.7 Å². The highest BCUT2D eigenvalue weighted by Gasteiger charge is 2.30. The van der Waals surface area contributed by atoms with E-state index in [2.05, 4.69) is 15.4 Å². The number of rotatable bonds is 6. The van der Waals surface area contributed by atoms with Crippen LogP contribution in [0.25, 0.3) is 0 Å². The van der Waals surface area contributed by atoms with Gasteiger partial charge in [-0.3, -0.25) is 14.4 Å². The van der Waals surface area contributed by atoms with E-state index in [9.17, 15) is 23.2 Å². The van der Waals surface area contributed by atoms with Crippen LogP contribution in [0.1, 0.15) is 44.0 Å². The second kappa shape index (κ2) is 10.6. The van der Waals surface area contributed by atoms with Gasteiger partial charge in [-0.05, 0) is 43.2 Å². The lowest BCUT2D eigenvalue weighted by Gasteiger charge is -2.32. The molecule has 182 valence electrons. The fraction of sp³-hybridized carbons (Fsp3) is 0.400. The second-order valence-corrected chi connectivity index (χ2v) is 9.24. The normalized spacial score (nSPS) is 16.2. The quantitative estimate of drug-likeness (QED) is 0.633. The van der Waals surface area contributed by atoms with Crippen molar-refractivity contribution in [2.75, 3.05) is 23.7 Å². The van der Waals surface area contributed by atoms with Crippen LogP contribution >= 0.6 is 0 Å². The predicted molar refractivity (Wildman–Crippen MR) is 125 cm³/mol. The first-order valence-corrected chi connectivity index (χ1v) is 11.1. The molecule has 7 nitrogen and oxygen atoms in total. The highest BCUT2D eigenvalue weighted by Crippen LogP contribution is 2.26. The number of anilines is 2. The summed E-state index contributed by atoms with van der Waals surface area (Å²) in [5.74, 6) is -1.51. The monoisotopic (exact) mass is 473 g/mol. The van der Waals surface area contributed by atoms with Crippen molar-refractivity contribution in [3.05, 3.63) is 54.1 Å². The number of amides is 3. The van der Waals surface area contributed by atoms with Crippen LogP contribution in [0.4, 0.5) is 20.2 Å². The molecular formula is C25H29F2N3O4. The molecule has 0 radical (unpaired) electrons. The summed E-state index contributed by atoms with van der Waals surface area (Å²) in [5.41, 5.74) is 0.562. The minimum atomic E-state index is -3.04. The van der Waals surface area contributed by atoms with E-state index in [1.807, 2.05) is 20.8 Å². The number of ether oxygens (including phenoxy) is 1. The molecule has 2 aromatic rings. The summed E-state index contributed by atoms with van der Waals surface area (Å²) in [5, 5.41) is 5.67. The maximum absolute atomic E-state index is 13.0. The summed E-state index contributed by atoms with van der Waals surface area (Å²) in [7, 11) is 0. The zero-order valence-corrected chi connectivity index (χ0v) is 19.4. The molecule has 34 heavy (non-hydrogen) atoms. The Kier molecular flexibility index (Phi) is 7.86. The molecule has 1 atom stereocenters. The Hall–Kier alpha value is -3.49. The van der Waals surface area contributed by atoms with E-state index in [1.165, 1.54) is 23.1 Å². The van der Waals surface area contributed by atoms with Gasteiger partial charge in [0.15, 0.2) is 0 Å².